The van der Waals surface area contributed by atoms with Crippen molar-refractivity contribution in [2.24, 2.45) is 5.92 Å². The number of carbonyl (C=O) groups excluding carboxylic acids is 1. The number of aromatic nitrogens is 2. The van der Waals surface area contributed by atoms with Gasteiger partial charge in [-0.1, -0.05) is 6.07 Å². The van der Waals surface area contributed by atoms with Gasteiger partial charge in [-0.3, -0.25) is 4.79 Å². The average molecular weight is 528 g/mol. The Bertz CT molecular complexity index is 1440. The van der Waals surface area contributed by atoms with Crippen LogP contribution in [0.15, 0.2) is 67.0 Å². The lowest BCUT2D eigenvalue weighted by atomic mass is 9.98. The highest BCUT2D eigenvalue weighted by molar-refractivity contribution is 5.94. The lowest BCUT2D eigenvalue weighted by Crippen LogP contribution is -2.32. The lowest BCUT2D eigenvalue weighted by Gasteiger charge is -2.28. The van der Waals surface area contributed by atoms with Gasteiger partial charge in [0.2, 0.25) is 0 Å². The number of hydrogen-bond donors (Lipinski definition) is 2. The molecular formula is C30H33N5O4. The zero-order valence-electron chi connectivity index (χ0n) is 22.4. The lowest BCUT2D eigenvalue weighted by molar-refractivity contribution is 0.0962. The van der Waals surface area contributed by atoms with Crippen LogP contribution in [0.2, 0.25) is 0 Å². The summed E-state index contributed by atoms with van der Waals surface area (Å²) < 4.78 is 17.8. The van der Waals surface area contributed by atoms with Crippen molar-refractivity contribution in [1.29, 1.82) is 0 Å². The van der Waals surface area contributed by atoms with Crippen LogP contribution in [-0.4, -0.2) is 61.7 Å². The minimum absolute atomic E-state index is 0.162. The monoisotopic (exact) mass is 527 g/mol. The van der Waals surface area contributed by atoms with Gasteiger partial charge in [0.05, 0.1) is 19.2 Å². The summed E-state index contributed by atoms with van der Waals surface area (Å²) in [7, 11) is 5.40. The van der Waals surface area contributed by atoms with Gasteiger partial charge in [0, 0.05) is 29.8 Å². The number of benzene rings is 3. The Hall–Kier alpha value is -4.37. The Kier molecular flexibility index (Phi) is 8.07. The van der Waals surface area contributed by atoms with Crippen LogP contribution in [0.4, 0.5) is 11.5 Å². The third-order valence-electron chi connectivity index (χ3n) is 6.91. The molecule has 9 heteroatoms. The average Bonchev–Trinajstić information content (AvgIpc) is 2.97. The van der Waals surface area contributed by atoms with E-state index < -0.39 is 0 Å². The number of nitrogens with one attached hydrogen (secondary N) is 2. The molecule has 1 aromatic heterocycles. The zero-order chi connectivity index (χ0) is 27.2. The van der Waals surface area contributed by atoms with Gasteiger partial charge >= 0.3 is 0 Å². The van der Waals surface area contributed by atoms with Crippen molar-refractivity contribution < 1.29 is 19.0 Å². The van der Waals surface area contributed by atoms with Crippen molar-refractivity contribution in [3.63, 3.8) is 0 Å². The summed E-state index contributed by atoms with van der Waals surface area (Å²) >= 11 is 0. The number of ether oxygens (including phenoxy) is 3. The number of carbonyl (C=O) groups is 1. The highest BCUT2D eigenvalue weighted by atomic mass is 16.5. The molecule has 2 N–H and O–H groups in total. The molecule has 5 rings (SSSR count). The number of methoxy groups -OCH3 is 1. The minimum Gasteiger partial charge on any atom is -0.493 e. The Balaban J connectivity index is 1.29. The van der Waals surface area contributed by atoms with E-state index in [1.54, 1.807) is 32.4 Å². The van der Waals surface area contributed by atoms with E-state index in [1.165, 1.54) is 6.33 Å². The van der Waals surface area contributed by atoms with Gasteiger partial charge in [-0.2, -0.15) is 0 Å². The van der Waals surface area contributed by atoms with Gasteiger partial charge in [0.25, 0.3) is 5.91 Å². The molecular weight excluding hydrogens is 494 g/mol. The third kappa shape index (κ3) is 6.38. The van der Waals surface area contributed by atoms with Crippen LogP contribution in [0.5, 0.6) is 23.0 Å². The van der Waals surface area contributed by atoms with Crippen molar-refractivity contribution in [2.45, 2.75) is 12.8 Å². The molecule has 0 radical (unpaired) electrons. The first-order chi connectivity index (χ1) is 19.0. The molecule has 39 heavy (non-hydrogen) atoms. The number of anilines is 2. The standard InChI is InChI=1S/C30H33N5O4/c1-31-30(36)21-5-4-6-24(15-21)39-23-9-7-22(8-10-23)34-29-25-16-27(37-3)28(17-26(25)32-19-33-29)38-18-20-11-13-35(2)14-12-20/h4-10,15-17,19-20H,11-14,18H2,1-3H3,(H,31,36)(H,32,33,34). The second-order valence-corrected chi connectivity index (χ2v) is 9.66. The van der Waals surface area contributed by atoms with Gasteiger partial charge in [-0.25, -0.2) is 9.97 Å². The summed E-state index contributed by atoms with van der Waals surface area (Å²) in [5, 5.41) is 6.81. The minimum atomic E-state index is -0.162. The largest absolute Gasteiger partial charge is 0.493 e. The number of rotatable bonds is 9. The molecule has 1 aliphatic heterocycles. The highest BCUT2D eigenvalue weighted by Crippen LogP contribution is 2.35. The number of likely N-dealkylation sites (tertiary alicyclic amines) is 1. The van der Waals surface area contributed by atoms with E-state index in [2.05, 4.69) is 32.5 Å². The van der Waals surface area contributed by atoms with Gasteiger partial charge < -0.3 is 29.7 Å². The first kappa shape index (κ1) is 26.2. The maximum atomic E-state index is 11.9. The molecule has 0 bridgehead atoms. The third-order valence-corrected chi connectivity index (χ3v) is 6.91. The van der Waals surface area contributed by atoms with Gasteiger partial charge in [0.15, 0.2) is 11.5 Å². The summed E-state index contributed by atoms with van der Waals surface area (Å²) in [5.74, 6) is 3.61. The van der Waals surface area contributed by atoms with Crippen LogP contribution in [0.1, 0.15) is 23.2 Å². The van der Waals surface area contributed by atoms with Crippen molar-refractivity contribution in [3.05, 3.63) is 72.6 Å². The van der Waals surface area contributed by atoms with E-state index in [1.807, 2.05) is 42.5 Å². The summed E-state index contributed by atoms with van der Waals surface area (Å²) in [5.41, 5.74) is 2.14. The predicted molar refractivity (Wildman–Crippen MR) is 151 cm³/mol. The number of amides is 1. The molecule has 0 saturated carbocycles. The van der Waals surface area contributed by atoms with E-state index in [4.69, 9.17) is 14.2 Å². The van der Waals surface area contributed by atoms with Crippen LogP contribution in [0.3, 0.4) is 0 Å². The van der Waals surface area contributed by atoms with Crippen LogP contribution in [0.25, 0.3) is 10.9 Å². The highest BCUT2D eigenvalue weighted by Gasteiger charge is 2.19. The number of hydrogen-bond acceptors (Lipinski definition) is 8. The Morgan fingerprint density at radius 1 is 1.00 bits per heavy atom. The van der Waals surface area contributed by atoms with E-state index in [-0.39, 0.29) is 5.91 Å². The Morgan fingerprint density at radius 3 is 2.54 bits per heavy atom. The van der Waals surface area contributed by atoms with Crippen molar-refractivity contribution in [3.8, 4) is 23.0 Å². The zero-order valence-corrected chi connectivity index (χ0v) is 22.4. The van der Waals surface area contributed by atoms with Gasteiger partial charge in [0.1, 0.15) is 23.6 Å². The Morgan fingerprint density at radius 2 is 1.79 bits per heavy atom. The molecule has 202 valence electrons. The second-order valence-electron chi connectivity index (χ2n) is 9.66. The quantitative estimate of drug-likeness (QED) is 0.304. The first-order valence-electron chi connectivity index (χ1n) is 13.0. The molecule has 4 aromatic rings. The topological polar surface area (TPSA) is 97.8 Å². The smallest absolute Gasteiger partial charge is 0.251 e. The SMILES string of the molecule is CNC(=O)c1cccc(Oc2ccc(Nc3ncnc4cc(OCC5CCN(C)CC5)c(OC)cc34)cc2)c1. The van der Waals surface area contributed by atoms with E-state index in [9.17, 15) is 4.79 Å². The van der Waals surface area contributed by atoms with Gasteiger partial charge in [-0.15, -0.1) is 0 Å². The molecule has 0 unspecified atom stereocenters. The number of nitrogens with zero attached hydrogens (tertiary/aromatic N) is 3. The molecule has 0 spiro atoms. The number of piperidine rings is 1. The van der Waals surface area contributed by atoms with Crippen molar-refractivity contribution in [2.75, 3.05) is 46.2 Å². The maximum absolute atomic E-state index is 11.9. The molecule has 1 saturated heterocycles. The summed E-state index contributed by atoms with van der Waals surface area (Å²) in [6.45, 7) is 2.86. The molecule has 1 amide bonds. The normalized spacial score (nSPS) is 14.1. The van der Waals surface area contributed by atoms with E-state index in [0.29, 0.717) is 46.9 Å². The molecule has 1 aliphatic rings. The second kappa shape index (κ2) is 12.0. The summed E-state index contributed by atoms with van der Waals surface area (Å²) in [6, 6.07) is 18.4. The van der Waals surface area contributed by atoms with Crippen LogP contribution in [0, 0.1) is 5.92 Å². The molecule has 2 heterocycles. The fourth-order valence-corrected chi connectivity index (χ4v) is 4.60. The molecule has 9 nitrogen and oxygen atoms in total. The first-order valence-corrected chi connectivity index (χ1v) is 13.0. The fraction of sp³-hybridized carbons (Fsp3) is 0.300. The molecule has 1 fully saturated rings. The molecule has 3 aromatic carbocycles. The van der Waals surface area contributed by atoms with E-state index >= 15 is 0 Å². The van der Waals surface area contributed by atoms with Crippen LogP contribution < -0.4 is 24.8 Å². The fourth-order valence-electron chi connectivity index (χ4n) is 4.60. The van der Waals surface area contributed by atoms with Gasteiger partial charge in [-0.05, 0) is 87.4 Å². The molecule has 0 atom stereocenters. The van der Waals surface area contributed by atoms with Crippen LogP contribution in [-0.2, 0) is 0 Å². The van der Waals surface area contributed by atoms with E-state index in [0.717, 1.165) is 42.5 Å². The Labute approximate surface area is 228 Å². The molecule has 0 aliphatic carbocycles. The van der Waals surface area contributed by atoms with Crippen molar-refractivity contribution in [1.82, 2.24) is 20.2 Å². The van der Waals surface area contributed by atoms with Crippen molar-refractivity contribution >= 4 is 28.3 Å². The summed E-state index contributed by atoms with van der Waals surface area (Å²) in [4.78, 5) is 23.2. The van der Waals surface area contributed by atoms with Crippen LogP contribution >= 0.6 is 0 Å². The number of fused-ring (bicyclic) bond motifs is 1. The predicted octanol–water partition coefficient (Wildman–Crippen LogP) is 5.25. The summed E-state index contributed by atoms with van der Waals surface area (Å²) in [6.07, 6.45) is 3.80. The maximum Gasteiger partial charge on any atom is 0.251 e.